The zero-order valence-corrected chi connectivity index (χ0v) is 21.1. The van der Waals surface area contributed by atoms with Gasteiger partial charge in [-0.1, -0.05) is 6.08 Å². The molecule has 2 heterocycles. The summed E-state index contributed by atoms with van der Waals surface area (Å²) in [5.74, 6) is 0.673. The molecule has 1 aromatic carbocycles. The van der Waals surface area contributed by atoms with Crippen LogP contribution in [0.1, 0.15) is 24.7 Å². The molecular weight excluding hydrogens is 461 g/mol. The second-order valence-electron chi connectivity index (χ2n) is 7.66. The van der Waals surface area contributed by atoms with E-state index in [1.54, 1.807) is 48.9 Å². The number of imidazole rings is 1. The van der Waals surface area contributed by atoms with Crippen molar-refractivity contribution in [3.05, 3.63) is 59.4 Å². The van der Waals surface area contributed by atoms with Crippen LogP contribution in [0, 0.1) is 12.7 Å². The summed E-state index contributed by atoms with van der Waals surface area (Å²) < 4.78 is 26.1. The first-order valence-corrected chi connectivity index (χ1v) is 11.2. The number of ether oxygens (including phenoxy) is 2. The Morgan fingerprint density at radius 1 is 1.25 bits per heavy atom. The summed E-state index contributed by atoms with van der Waals surface area (Å²) in [5.41, 5.74) is 3.36. The number of nitrogens with one attached hydrogen (secondary N) is 1. The number of allylic oxidation sites excluding steroid dienone is 2. The molecule has 0 aliphatic rings. The van der Waals surface area contributed by atoms with E-state index in [-0.39, 0.29) is 18.0 Å². The van der Waals surface area contributed by atoms with E-state index in [0.29, 0.717) is 29.5 Å². The fourth-order valence-corrected chi connectivity index (χ4v) is 3.47. The van der Waals surface area contributed by atoms with Crippen LogP contribution in [0.2, 0.25) is 0 Å². The quantitative estimate of drug-likeness (QED) is 0.348. The SMILES string of the molecule is C=Nc1nc(N(Cc2nc[nH]c2C)c2cc(OC)cc(OC)c2F)ccc1N=CC/C(C=NC)=C/C. The minimum absolute atomic E-state index is 0.0480. The average molecular weight is 492 g/mol. The van der Waals surface area contributed by atoms with Crippen molar-refractivity contribution in [2.75, 3.05) is 26.2 Å². The molecule has 0 amide bonds. The van der Waals surface area contributed by atoms with E-state index in [2.05, 4.69) is 36.6 Å². The molecule has 0 saturated carbocycles. The number of halogens is 1. The van der Waals surface area contributed by atoms with Crippen LogP contribution in [0.25, 0.3) is 0 Å². The standard InChI is InChI=1S/C26H30FN7O2/c1-7-18(14-28-3)10-11-30-20-8-9-24(33-26(20)29-4)34(15-21-17(2)31-16-32-21)22-12-19(35-5)13-23(36-6)25(22)27/h7-9,11-14,16H,4,10,15H2,1-3,5-6H3,(H,31,32)/b18-7-,28-14?,30-11?. The van der Waals surface area contributed by atoms with E-state index in [0.717, 1.165) is 17.0 Å². The summed E-state index contributed by atoms with van der Waals surface area (Å²) in [6, 6.07) is 6.59. The first kappa shape index (κ1) is 26.3. The molecule has 0 fully saturated rings. The molecule has 0 unspecified atom stereocenters. The van der Waals surface area contributed by atoms with Gasteiger partial charge in [-0.3, -0.25) is 9.98 Å². The second-order valence-corrected chi connectivity index (χ2v) is 7.66. The molecular formula is C26H30FN7O2. The minimum Gasteiger partial charge on any atom is -0.497 e. The highest BCUT2D eigenvalue weighted by Gasteiger charge is 2.23. The largest absolute Gasteiger partial charge is 0.497 e. The van der Waals surface area contributed by atoms with Crippen molar-refractivity contribution in [2.45, 2.75) is 26.8 Å². The molecule has 0 atom stereocenters. The van der Waals surface area contributed by atoms with Gasteiger partial charge in [-0.05, 0) is 38.3 Å². The number of rotatable bonds is 11. The van der Waals surface area contributed by atoms with Gasteiger partial charge in [-0.2, -0.15) is 0 Å². The molecule has 1 N–H and O–H groups in total. The summed E-state index contributed by atoms with van der Waals surface area (Å²) in [7, 11) is 4.63. The second kappa shape index (κ2) is 12.4. The first-order valence-electron chi connectivity index (χ1n) is 11.2. The summed E-state index contributed by atoms with van der Waals surface area (Å²) in [6.45, 7) is 7.72. The van der Waals surface area contributed by atoms with Crippen molar-refractivity contribution in [1.29, 1.82) is 0 Å². The van der Waals surface area contributed by atoms with Crippen LogP contribution in [-0.2, 0) is 6.54 Å². The van der Waals surface area contributed by atoms with Crippen LogP contribution in [0.5, 0.6) is 11.5 Å². The van der Waals surface area contributed by atoms with Crippen LogP contribution < -0.4 is 14.4 Å². The highest BCUT2D eigenvalue weighted by Crippen LogP contribution is 2.38. The maximum Gasteiger partial charge on any atom is 0.188 e. The molecule has 2 aromatic heterocycles. The molecule has 3 rings (SSSR count). The van der Waals surface area contributed by atoms with Gasteiger partial charge >= 0.3 is 0 Å². The molecule has 36 heavy (non-hydrogen) atoms. The number of aromatic amines is 1. The Hall–Kier alpha value is -4.34. The lowest BCUT2D eigenvalue weighted by atomic mass is 10.2. The molecule has 0 radical (unpaired) electrons. The molecule has 9 nitrogen and oxygen atoms in total. The van der Waals surface area contributed by atoms with Gasteiger partial charge in [-0.25, -0.2) is 19.4 Å². The number of hydrogen-bond acceptors (Lipinski definition) is 8. The smallest absolute Gasteiger partial charge is 0.188 e. The molecule has 3 aromatic rings. The van der Waals surface area contributed by atoms with E-state index >= 15 is 4.39 Å². The summed E-state index contributed by atoms with van der Waals surface area (Å²) in [6.07, 6.45) is 7.71. The van der Waals surface area contributed by atoms with Gasteiger partial charge in [0.1, 0.15) is 17.3 Å². The Kier molecular flexibility index (Phi) is 9.04. The number of aryl methyl sites for hydroxylation is 1. The lowest BCUT2D eigenvalue weighted by Gasteiger charge is -2.25. The topological polar surface area (TPSA) is 100 Å². The van der Waals surface area contributed by atoms with Crippen molar-refractivity contribution >= 4 is 42.2 Å². The number of hydrogen-bond donors (Lipinski definition) is 1. The monoisotopic (exact) mass is 491 g/mol. The molecule has 0 spiro atoms. The third-order valence-electron chi connectivity index (χ3n) is 5.47. The number of nitrogens with zero attached hydrogens (tertiary/aromatic N) is 6. The van der Waals surface area contributed by atoms with Crippen molar-refractivity contribution in [2.24, 2.45) is 15.0 Å². The zero-order chi connectivity index (χ0) is 26.1. The molecule has 0 saturated heterocycles. The van der Waals surface area contributed by atoms with Gasteiger partial charge in [0.2, 0.25) is 0 Å². The fraction of sp³-hybridized carbons (Fsp3) is 0.269. The van der Waals surface area contributed by atoms with E-state index in [4.69, 9.17) is 9.47 Å². The maximum absolute atomic E-state index is 15.5. The molecule has 10 heteroatoms. The van der Waals surface area contributed by atoms with E-state index < -0.39 is 5.82 Å². The Balaban J connectivity index is 2.07. The molecule has 0 bridgehead atoms. The lowest BCUT2D eigenvalue weighted by molar-refractivity contribution is 0.374. The predicted octanol–water partition coefficient (Wildman–Crippen LogP) is 5.68. The Labute approximate surface area is 210 Å². The zero-order valence-electron chi connectivity index (χ0n) is 21.1. The van der Waals surface area contributed by atoms with Crippen LogP contribution in [0.4, 0.5) is 27.4 Å². The van der Waals surface area contributed by atoms with Crippen molar-refractivity contribution in [3.8, 4) is 11.5 Å². The predicted molar refractivity (Wildman–Crippen MR) is 143 cm³/mol. The van der Waals surface area contributed by atoms with Gasteiger partial charge in [0.05, 0.1) is 38.5 Å². The number of methoxy groups -OCH3 is 2. The third kappa shape index (κ3) is 6.01. The van der Waals surface area contributed by atoms with E-state index in [9.17, 15) is 0 Å². The summed E-state index contributed by atoms with van der Waals surface area (Å²) in [5, 5.41) is 0. The minimum atomic E-state index is -0.556. The van der Waals surface area contributed by atoms with Gasteiger partial charge in [0, 0.05) is 43.7 Å². The third-order valence-corrected chi connectivity index (χ3v) is 5.47. The molecule has 0 aliphatic carbocycles. The van der Waals surface area contributed by atoms with Gasteiger partial charge in [0.25, 0.3) is 0 Å². The first-order chi connectivity index (χ1) is 17.4. The summed E-state index contributed by atoms with van der Waals surface area (Å²) >= 11 is 0. The highest BCUT2D eigenvalue weighted by atomic mass is 19.1. The Bertz CT molecular complexity index is 1300. The van der Waals surface area contributed by atoms with Gasteiger partial charge < -0.3 is 19.4 Å². The number of aliphatic imine (C=N–C) groups is 3. The van der Waals surface area contributed by atoms with E-state index in [1.807, 2.05) is 19.9 Å². The number of anilines is 2. The molecule has 0 aliphatic heterocycles. The van der Waals surface area contributed by atoms with E-state index in [1.165, 1.54) is 20.3 Å². The van der Waals surface area contributed by atoms with Crippen LogP contribution in [0.3, 0.4) is 0 Å². The summed E-state index contributed by atoms with van der Waals surface area (Å²) in [4.78, 5) is 26.4. The number of pyridine rings is 1. The number of H-pyrrole nitrogens is 1. The van der Waals surface area contributed by atoms with Gasteiger partial charge in [0.15, 0.2) is 17.4 Å². The van der Waals surface area contributed by atoms with Crippen LogP contribution in [0.15, 0.2) is 57.2 Å². The normalized spacial score (nSPS) is 11.9. The van der Waals surface area contributed by atoms with Crippen molar-refractivity contribution in [3.63, 3.8) is 0 Å². The van der Waals surface area contributed by atoms with Crippen molar-refractivity contribution in [1.82, 2.24) is 15.0 Å². The average Bonchev–Trinajstić information content (AvgIpc) is 3.31. The lowest BCUT2D eigenvalue weighted by Crippen LogP contribution is -2.20. The Morgan fingerprint density at radius 2 is 2.06 bits per heavy atom. The Morgan fingerprint density at radius 3 is 2.67 bits per heavy atom. The van der Waals surface area contributed by atoms with Gasteiger partial charge in [-0.15, -0.1) is 0 Å². The van der Waals surface area contributed by atoms with Crippen LogP contribution in [-0.4, -0.2) is 55.4 Å². The maximum atomic E-state index is 15.5. The van der Waals surface area contributed by atoms with Crippen LogP contribution >= 0.6 is 0 Å². The molecule has 188 valence electrons. The fourth-order valence-electron chi connectivity index (χ4n) is 3.47. The number of aromatic nitrogens is 3. The highest BCUT2D eigenvalue weighted by molar-refractivity contribution is 5.85. The number of benzene rings is 1. The van der Waals surface area contributed by atoms with Crippen molar-refractivity contribution < 1.29 is 13.9 Å².